The Morgan fingerprint density at radius 2 is 1.58 bits per heavy atom. The fraction of sp³-hybridized carbons (Fsp3) is 0.250. The van der Waals surface area contributed by atoms with Crippen LogP contribution in [0.3, 0.4) is 0 Å². The normalized spacial score (nSPS) is 13.1. The van der Waals surface area contributed by atoms with Gasteiger partial charge in [0.05, 0.1) is 0 Å². The Labute approximate surface area is 193 Å². The van der Waals surface area contributed by atoms with Crippen LogP contribution in [-0.2, 0) is 11.3 Å². The highest BCUT2D eigenvalue weighted by Crippen LogP contribution is 2.35. The first-order chi connectivity index (χ1) is 15.9. The van der Waals surface area contributed by atoms with E-state index in [1.165, 1.54) is 24.3 Å². The second kappa shape index (κ2) is 9.99. The number of hydrogen-bond donors (Lipinski definition) is 1. The van der Waals surface area contributed by atoms with Gasteiger partial charge in [-0.25, -0.2) is 8.78 Å². The van der Waals surface area contributed by atoms with Crippen LogP contribution in [0.1, 0.15) is 49.3 Å². The number of nitrogens with one attached hydrogen (secondary N) is 1. The molecular weight excluding hydrogens is 418 g/mol. The molecular formula is C28H28F2N2O. The van der Waals surface area contributed by atoms with Crippen LogP contribution in [0.15, 0.2) is 79.0 Å². The predicted molar refractivity (Wildman–Crippen MR) is 128 cm³/mol. The van der Waals surface area contributed by atoms with Gasteiger partial charge in [-0.05, 0) is 60.4 Å². The van der Waals surface area contributed by atoms with E-state index in [1.807, 2.05) is 32.0 Å². The van der Waals surface area contributed by atoms with Gasteiger partial charge in [0.1, 0.15) is 11.6 Å². The lowest BCUT2D eigenvalue weighted by molar-refractivity contribution is -0.121. The molecule has 1 N–H and O–H groups in total. The van der Waals surface area contributed by atoms with E-state index < -0.39 is 0 Å². The quantitative estimate of drug-likeness (QED) is 0.334. The summed E-state index contributed by atoms with van der Waals surface area (Å²) in [6, 6.07) is 21.0. The summed E-state index contributed by atoms with van der Waals surface area (Å²) in [5.41, 5.74) is 3.92. The van der Waals surface area contributed by atoms with Gasteiger partial charge in [0, 0.05) is 42.0 Å². The van der Waals surface area contributed by atoms with E-state index in [9.17, 15) is 13.6 Å². The van der Waals surface area contributed by atoms with Crippen LogP contribution in [0.5, 0.6) is 0 Å². The largest absolute Gasteiger partial charge is 0.354 e. The van der Waals surface area contributed by atoms with E-state index >= 15 is 0 Å². The highest BCUT2D eigenvalue weighted by Gasteiger charge is 2.23. The van der Waals surface area contributed by atoms with Crippen molar-refractivity contribution in [2.75, 3.05) is 0 Å². The molecule has 0 bridgehead atoms. The van der Waals surface area contributed by atoms with Crippen LogP contribution >= 0.6 is 0 Å². The Morgan fingerprint density at radius 3 is 2.24 bits per heavy atom. The number of carbonyl (C=O) groups is 1. The first-order valence-electron chi connectivity index (χ1n) is 11.3. The summed E-state index contributed by atoms with van der Waals surface area (Å²) in [6.45, 7) is 4.60. The number of hydrogen-bond acceptors (Lipinski definition) is 1. The molecule has 3 aromatic carbocycles. The fourth-order valence-electron chi connectivity index (χ4n) is 4.19. The van der Waals surface area contributed by atoms with Crippen LogP contribution in [0.25, 0.3) is 10.9 Å². The first-order valence-corrected chi connectivity index (χ1v) is 11.3. The molecule has 0 saturated heterocycles. The molecule has 0 spiro atoms. The van der Waals surface area contributed by atoms with Crippen molar-refractivity contribution in [1.82, 2.24) is 9.88 Å². The molecule has 0 saturated carbocycles. The number of aromatic nitrogens is 1. The second-order valence-electron chi connectivity index (χ2n) is 8.54. The topological polar surface area (TPSA) is 34.0 Å². The molecule has 0 radical (unpaired) electrons. The number of halogens is 2. The summed E-state index contributed by atoms with van der Waals surface area (Å²) >= 11 is 0. The molecule has 0 aliphatic rings. The van der Waals surface area contributed by atoms with E-state index in [1.54, 1.807) is 24.3 Å². The third-order valence-corrected chi connectivity index (χ3v) is 6.14. The molecule has 3 nitrogen and oxygen atoms in total. The zero-order valence-corrected chi connectivity index (χ0v) is 18.9. The number of carbonyl (C=O) groups excluding carboxylic acids is 1. The third-order valence-electron chi connectivity index (χ3n) is 6.14. The Hall–Kier alpha value is -3.47. The van der Waals surface area contributed by atoms with Crippen LogP contribution < -0.4 is 5.32 Å². The van der Waals surface area contributed by atoms with Crippen molar-refractivity contribution in [2.45, 2.75) is 45.2 Å². The van der Waals surface area contributed by atoms with Gasteiger partial charge in [0.25, 0.3) is 0 Å². The number of rotatable bonds is 8. The number of para-hydroxylation sites is 1. The van der Waals surface area contributed by atoms with Gasteiger partial charge in [-0.3, -0.25) is 4.79 Å². The number of benzene rings is 3. The minimum absolute atomic E-state index is 0.0333. The highest BCUT2D eigenvalue weighted by molar-refractivity contribution is 5.86. The zero-order chi connectivity index (χ0) is 23.4. The second-order valence-corrected chi connectivity index (χ2v) is 8.54. The fourth-order valence-corrected chi connectivity index (χ4v) is 4.19. The highest BCUT2D eigenvalue weighted by atomic mass is 19.1. The van der Waals surface area contributed by atoms with Crippen LogP contribution in [-0.4, -0.2) is 16.5 Å². The van der Waals surface area contributed by atoms with Gasteiger partial charge in [-0.15, -0.1) is 0 Å². The lowest BCUT2D eigenvalue weighted by Gasteiger charge is -2.19. The molecule has 2 unspecified atom stereocenters. The molecule has 0 aliphatic heterocycles. The van der Waals surface area contributed by atoms with E-state index in [0.717, 1.165) is 34.0 Å². The minimum Gasteiger partial charge on any atom is -0.354 e. The monoisotopic (exact) mass is 446 g/mol. The van der Waals surface area contributed by atoms with Gasteiger partial charge >= 0.3 is 0 Å². The van der Waals surface area contributed by atoms with Gasteiger partial charge in [-0.1, -0.05) is 49.4 Å². The lowest BCUT2D eigenvalue weighted by atomic mass is 9.88. The number of amides is 1. The first kappa shape index (κ1) is 22.7. The van der Waals surface area contributed by atoms with E-state index in [4.69, 9.17) is 0 Å². The molecule has 0 aliphatic carbocycles. The minimum atomic E-state index is -0.305. The Balaban J connectivity index is 1.76. The average Bonchev–Trinajstić information content (AvgIpc) is 3.18. The summed E-state index contributed by atoms with van der Waals surface area (Å²) in [7, 11) is 0. The molecule has 4 rings (SSSR count). The Morgan fingerprint density at radius 1 is 0.939 bits per heavy atom. The summed E-state index contributed by atoms with van der Waals surface area (Å²) in [5.74, 6) is -0.830. The third kappa shape index (κ3) is 5.30. The van der Waals surface area contributed by atoms with Gasteiger partial charge < -0.3 is 9.88 Å². The lowest BCUT2D eigenvalue weighted by Crippen LogP contribution is -2.33. The van der Waals surface area contributed by atoms with E-state index in [2.05, 4.69) is 22.1 Å². The maximum Gasteiger partial charge on any atom is 0.221 e. The maximum absolute atomic E-state index is 13.7. The maximum atomic E-state index is 13.7. The van der Waals surface area contributed by atoms with E-state index in [-0.39, 0.29) is 35.9 Å². The Bertz CT molecular complexity index is 1230. The summed E-state index contributed by atoms with van der Waals surface area (Å²) in [4.78, 5) is 12.9. The van der Waals surface area contributed by atoms with Crippen molar-refractivity contribution in [3.63, 3.8) is 0 Å². The van der Waals surface area contributed by atoms with Crippen molar-refractivity contribution in [1.29, 1.82) is 0 Å². The van der Waals surface area contributed by atoms with Crippen molar-refractivity contribution in [3.05, 3.63) is 107 Å². The number of nitrogens with zero attached hydrogens (tertiary/aromatic N) is 1. The van der Waals surface area contributed by atoms with Crippen LogP contribution in [0.2, 0.25) is 0 Å². The van der Waals surface area contributed by atoms with Gasteiger partial charge in [0.15, 0.2) is 0 Å². The van der Waals surface area contributed by atoms with Crippen molar-refractivity contribution in [2.24, 2.45) is 0 Å². The smallest absolute Gasteiger partial charge is 0.221 e. The molecule has 1 heterocycles. The number of fused-ring (bicyclic) bond motifs is 1. The van der Waals surface area contributed by atoms with Crippen LogP contribution in [0, 0.1) is 11.6 Å². The summed E-state index contributed by atoms with van der Waals surface area (Å²) in [6.07, 6.45) is 3.18. The SMILES string of the molecule is CCC(C)NC(=O)CC(c1ccc(F)cc1)c1cn(Cc2ccc(F)cc2)c2ccccc12. The van der Waals surface area contributed by atoms with Crippen molar-refractivity contribution in [3.8, 4) is 0 Å². The van der Waals surface area contributed by atoms with Gasteiger partial charge in [0.2, 0.25) is 5.91 Å². The van der Waals surface area contributed by atoms with Crippen LogP contribution in [0.4, 0.5) is 8.78 Å². The average molecular weight is 447 g/mol. The Kier molecular flexibility index (Phi) is 6.87. The molecule has 1 amide bonds. The summed E-state index contributed by atoms with van der Waals surface area (Å²) in [5, 5.41) is 4.10. The summed E-state index contributed by atoms with van der Waals surface area (Å²) < 4.78 is 29.1. The predicted octanol–water partition coefficient (Wildman–Crippen LogP) is 6.40. The standard InChI is InChI=1S/C28H28F2N2O/c1-3-19(2)31-28(33)16-25(21-10-14-23(30)15-11-21)26-18-32(27-7-5-4-6-24(26)27)17-20-8-12-22(29)13-9-20/h4-15,18-19,25H,3,16-17H2,1-2H3,(H,31,33). The van der Waals surface area contributed by atoms with Crippen molar-refractivity contribution >= 4 is 16.8 Å². The van der Waals surface area contributed by atoms with Gasteiger partial charge in [-0.2, -0.15) is 0 Å². The molecule has 33 heavy (non-hydrogen) atoms. The van der Waals surface area contributed by atoms with E-state index in [0.29, 0.717) is 6.54 Å². The van der Waals surface area contributed by atoms with Crippen molar-refractivity contribution < 1.29 is 13.6 Å². The molecule has 0 fully saturated rings. The molecule has 170 valence electrons. The molecule has 2 atom stereocenters. The molecule has 4 aromatic rings. The molecule has 5 heteroatoms. The molecule has 1 aromatic heterocycles. The zero-order valence-electron chi connectivity index (χ0n) is 18.9.